The van der Waals surface area contributed by atoms with E-state index in [4.69, 9.17) is 0 Å². The minimum Gasteiger partial charge on any atom is -0.480 e. The highest BCUT2D eigenvalue weighted by Gasteiger charge is 2.55. The van der Waals surface area contributed by atoms with Crippen molar-refractivity contribution in [3.05, 3.63) is 0 Å². The third kappa shape index (κ3) is 2.23. The number of fused-ring (bicyclic) bond motifs is 1. The van der Waals surface area contributed by atoms with Crippen molar-refractivity contribution in [2.24, 2.45) is 0 Å². The number of carboxylic acid groups (broad SMARTS) is 1. The first kappa shape index (κ1) is 15.0. The van der Waals surface area contributed by atoms with Crippen molar-refractivity contribution in [2.75, 3.05) is 11.5 Å². The van der Waals surface area contributed by atoms with Crippen molar-refractivity contribution in [3.8, 4) is 0 Å². The van der Waals surface area contributed by atoms with Gasteiger partial charge in [0.15, 0.2) is 0 Å². The second-order valence-electron chi connectivity index (χ2n) is 5.80. The number of carbonyl (C=O) groups excluding carboxylic acids is 2. The topological polar surface area (TPSA) is 77.9 Å². The van der Waals surface area contributed by atoms with E-state index in [-0.39, 0.29) is 22.1 Å². The van der Waals surface area contributed by atoms with E-state index in [0.29, 0.717) is 17.9 Å². The summed E-state index contributed by atoms with van der Waals surface area (Å²) in [7, 11) is 0. The van der Waals surface area contributed by atoms with Crippen LogP contribution >= 0.6 is 23.5 Å². The summed E-state index contributed by atoms with van der Waals surface area (Å²) in [4.78, 5) is 39.1. The number of carboxylic acids is 1. The molecular weight excluding hydrogens is 312 g/mol. The van der Waals surface area contributed by atoms with Gasteiger partial charge in [0.25, 0.3) is 0 Å². The van der Waals surface area contributed by atoms with Gasteiger partial charge in [-0.2, -0.15) is 0 Å². The molecule has 0 aromatic rings. The van der Waals surface area contributed by atoms with Gasteiger partial charge in [0, 0.05) is 17.9 Å². The highest BCUT2D eigenvalue weighted by molar-refractivity contribution is 8.01. The van der Waals surface area contributed by atoms with Crippen LogP contribution in [0.1, 0.15) is 26.7 Å². The summed E-state index contributed by atoms with van der Waals surface area (Å²) in [5.74, 6) is -0.214. The first-order chi connectivity index (χ1) is 9.85. The Kier molecular flexibility index (Phi) is 3.64. The van der Waals surface area contributed by atoms with Gasteiger partial charge in [-0.3, -0.25) is 9.59 Å². The van der Waals surface area contributed by atoms with E-state index in [9.17, 15) is 19.5 Å². The minimum absolute atomic E-state index is 0.00669. The minimum atomic E-state index is -0.971. The molecular formula is C13H18N2O4S2. The molecule has 3 fully saturated rings. The highest BCUT2D eigenvalue weighted by atomic mass is 32.2. The van der Waals surface area contributed by atoms with Crippen LogP contribution in [0.5, 0.6) is 0 Å². The van der Waals surface area contributed by atoms with Crippen molar-refractivity contribution in [3.63, 3.8) is 0 Å². The van der Waals surface area contributed by atoms with Crippen molar-refractivity contribution in [2.45, 2.75) is 49.0 Å². The second kappa shape index (κ2) is 5.08. The molecule has 3 aliphatic heterocycles. The van der Waals surface area contributed by atoms with Crippen LogP contribution in [0.15, 0.2) is 0 Å². The van der Waals surface area contributed by atoms with Gasteiger partial charge in [-0.15, -0.1) is 23.5 Å². The molecule has 4 atom stereocenters. The van der Waals surface area contributed by atoms with E-state index in [0.717, 1.165) is 6.42 Å². The molecule has 21 heavy (non-hydrogen) atoms. The molecule has 0 aliphatic carbocycles. The smallest absolute Gasteiger partial charge is 0.327 e. The van der Waals surface area contributed by atoms with Gasteiger partial charge in [-0.1, -0.05) is 0 Å². The summed E-state index contributed by atoms with van der Waals surface area (Å²) in [6, 6.07) is -1.30. The first-order valence-corrected chi connectivity index (χ1v) is 9.01. The zero-order chi connectivity index (χ0) is 15.4. The predicted molar refractivity (Wildman–Crippen MR) is 80.9 cm³/mol. The molecule has 116 valence electrons. The Bertz CT molecular complexity index is 514. The van der Waals surface area contributed by atoms with E-state index >= 15 is 0 Å². The molecule has 4 unspecified atom stereocenters. The second-order valence-corrected chi connectivity index (χ2v) is 8.65. The van der Waals surface area contributed by atoms with Crippen LogP contribution in [0.4, 0.5) is 0 Å². The zero-order valence-corrected chi connectivity index (χ0v) is 13.6. The molecule has 0 bridgehead atoms. The zero-order valence-electron chi connectivity index (χ0n) is 11.9. The van der Waals surface area contributed by atoms with E-state index in [1.54, 1.807) is 16.7 Å². The lowest BCUT2D eigenvalue weighted by atomic mass is 10.1. The molecule has 3 heterocycles. The Hall–Kier alpha value is -0.890. The maximum absolute atomic E-state index is 12.8. The number of nitrogens with zero attached hydrogens (tertiary/aromatic N) is 2. The average Bonchev–Trinajstić information content (AvgIpc) is 3.04. The maximum Gasteiger partial charge on any atom is 0.327 e. The van der Waals surface area contributed by atoms with Gasteiger partial charge < -0.3 is 14.9 Å². The standard InChI is InChI=1S/C13H18N2O4S2/c1-7-14(9(5-20-7)12(18)19)11(17)8-6-21-13(2)4-3-10(16)15(8)13/h7-9H,3-6H2,1-2H3,(H,18,19). The molecule has 3 aliphatic rings. The Labute approximate surface area is 131 Å². The molecule has 0 saturated carbocycles. The summed E-state index contributed by atoms with van der Waals surface area (Å²) < 4.78 is 0. The Balaban J connectivity index is 1.85. The van der Waals surface area contributed by atoms with Crippen molar-refractivity contribution >= 4 is 41.3 Å². The first-order valence-electron chi connectivity index (χ1n) is 6.98. The summed E-state index contributed by atoms with van der Waals surface area (Å²) in [5, 5.41) is 9.13. The van der Waals surface area contributed by atoms with E-state index in [2.05, 4.69) is 0 Å². The monoisotopic (exact) mass is 330 g/mol. The Morgan fingerprint density at radius 3 is 2.71 bits per heavy atom. The number of hydrogen-bond donors (Lipinski definition) is 1. The molecule has 3 rings (SSSR count). The SMILES string of the molecule is CC1SCC(C(=O)O)N1C(=O)C1CSC2(C)CCC(=O)N12. The number of amides is 2. The van der Waals surface area contributed by atoms with E-state index in [1.165, 1.54) is 16.7 Å². The summed E-state index contributed by atoms with van der Waals surface area (Å²) in [6.07, 6.45) is 1.23. The van der Waals surface area contributed by atoms with Crippen molar-refractivity contribution in [1.29, 1.82) is 0 Å². The van der Waals surface area contributed by atoms with Gasteiger partial charge in [0.2, 0.25) is 11.8 Å². The summed E-state index contributed by atoms with van der Waals surface area (Å²) in [5.41, 5.74) is 0. The maximum atomic E-state index is 12.8. The fraction of sp³-hybridized carbons (Fsp3) is 0.769. The lowest BCUT2D eigenvalue weighted by Crippen LogP contribution is -2.55. The normalized spacial score (nSPS) is 39.0. The van der Waals surface area contributed by atoms with Crippen LogP contribution in [0, 0.1) is 0 Å². The quantitative estimate of drug-likeness (QED) is 0.807. The molecule has 0 aromatic heterocycles. The van der Waals surface area contributed by atoms with Crippen LogP contribution < -0.4 is 0 Å². The highest BCUT2D eigenvalue weighted by Crippen LogP contribution is 2.48. The van der Waals surface area contributed by atoms with Crippen molar-refractivity contribution < 1.29 is 19.5 Å². The van der Waals surface area contributed by atoms with Crippen LogP contribution in [0.2, 0.25) is 0 Å². The number of thioether (sulfide) groups is 2. The Morgan fingerprint density at radius 1 is 1.33 bits per heavy atom. The lowest BCUT2D eigenvalue weighted by Gasteiger charge is -2.34. The van der Waals surface area contributed by atoms with E-state index < -0.39 is 18.1 Å². The summed E-state index contributed by atoms with van der Waals surface area (Å²) in [6.45, 7) is 3.84. The molecule has 2 amide bonds. The molecule has 0 radical (unpaired) electrons. The predicted octanol–water partition coefficient (Wildman–Crippen LogP) is 0.815. The summed E-state index contributed by atoms with van der Waals surface area (Å²) >= 11 is 3.10. The fourth-order valence-corrected chi connectivity index (χ4v) is 5.94. The van der Waals surface area contributed by atoms with Gasteiger partial charge in [0.1, 0.15) is 12.1 Å². The largest absolute Gasteiger partial charge is 0.480 e. The van der Waals surface area contributed by atoms with Gasteiger partial charge >= 0.3 is 5.97 Å². The molecule has 1 N–H and O–H groups in total. The van der Waals surface area contributed by atoms with Crippen LogP contribution in [-0.4, -0.2) is 66.5 Å². The molecule has 6 nitrogen and oxygen atoms in total. The number of aliphatic carboxylic acids is 1. The molecule has 8 heteroatoms. The van der Waals surface area contributed by atoms with Crippen molar-refractivity contribution in [1.82, 2.24) is 9.80 Å². The number of carbonyl (C=O) groups is 3. The van der Waals surface area contributed by atoms with Gasteiger partial charge in [-0.25, -0.2) is 4.79 Å². The van der Waals surface area contributed by atoms with Crippen LogP contribution in [-0.2, 0) is 14.4 Å². The third-order valence-electron chi connectivity index (χ3n) is 4.49. The Morgan fingerprint density at radius 2 is 2.05 bits per heavy atom. The number of rotatable bonds is 2. The van der Waals surface area contributed by atoms with Gasteiger partial charge in [-0.05, 0) is 20.3 Å². The molecule has 3 saturated heterocycles. The fourth-order valence-electron chi connectivity index (χ4n) is 3.34. The number of hydrogen-bond acceptors (Lipinski definition) is 5. The van der Waals surface area contributed by atoms with Gasteiger partial charge in [0.05, 0.1) is 10.2 Å². The molecule has 0 aromatic carbocycles. The van der Waals surface area contributed by atoms with E-state index in [1.807, 2.05) is 13.8 Å². The van der Waals surface area contributed by atoms with Crippen LogP contribution in [0.3, 0.4) is 0 Å². The molecule has 0 spiro atoms. The average molecular weight is 330 g/mol. The van der Waals surface area contributed by atoms with Crippen LogP contribution in [0.25, 0.3) is 0 Å². The third-order valence-corrected chi connectivity index (χ3v) is 7.22. The lowest BCUT2D eigenvalue weighted by molar-refractivity contribution is -0.152.